The number of rotatable bonds is 3. The number of carbonyl (C=O) groups excluding carboxylic acids is 1. The number of carboxylic acid groups (broad SMARTS) is 1. The molecule has 0 saturated carbocycles. The Kier molecular flexibility index (Phi) is 4.74. The lowest BCUT2D eigenvalue weighted by Crippen LogP contribution is -2.16. The second-order valence-electron chi connectivity index (χ2n) is 4.53. The summed E-state index contributed by atoms with van der Waals surface area (Å²) in [5, 5.41) is 11.4. The van der Waals surface area contributed by atoms with Gasteiger partial charge in [0.15, 0.2) is 0 Å². The van der Waals surface area contributed by atoms with Crippen molar-refractivity contribution in [1.29, 1.82) is 0 Å². The van der Waals surface area contributed by atoms with E-state index in [1.54, 1.807) is 0 Å². The number of benzene rings is 2. The number of hydrogen-bond acceptors (Lipinski definition) is 2. The van der Waals surface area contributed by atoms with E-state index in [2.05, 4.69) is 21.2 Å². The number of anilines is 1. The lowest BCUT2D eigenvalue weighted by molar-refractivity contribution is -0.137. The van der Waals surface area contributed by atoms with Crippen LogP contribution in [0.5, 0.6) is 0 Å². The largest absolute Gasteiger partial charge is 0.478 e. The minimum atomic E-state index is -4.57. The third-order valence-corrected chi connectivity index (χ3v) is 3.41. The van der Waals surface area contributed by atoms with Crippen LogP contribution < -0.4 is 5.32 Å². The molecule has 2 rings (SSSR count). The van der Waals surface area contributed by atoms with Crippen LogP contribution in [0.2, 0.25) is 0 Å². The molecule has 1 amide bonds. The van der Waals surface area contributed by atoms with Gasteiger partial charge in [0.2, 0.25) is 0 Å². The first-order valence-electron chi connectivity index (χ1n) is 6.20. The Morgan fingerprint density at radius 2 is 1.78 bits per heavy atom. The van der Waals surface area contributed by atoms with Gasteiger partial charge in [-0.1, -0.05) is 22.0 Å². The van der Waals surface area contributed by atoms with Gasteiger partial charge in [-0.05, 0) is 36.4 Å². The normalized spacial score (nSPS) is 11.1. The molecule has 120 valence electrons. The molecular formula is C15H9BrF3NO3. The Morgan fingerprint density at radius 1 is 1.09 bits per heavy atom. The molecule has 2 aromatic rings. The first-order valence-corrected chi connectivity index (χ1v) is 6.99. The molecule has 8 heteroatoms. The number of hydrogen-bond donors (Lipinski definition) is 2. The van der Waals surface area contributed by atoms with Crippen LogP contribution in [0.15, 0.2) is 46.9 Å². The van der Waals surface area contributed by atoms with Gasteiger partial charge in [0.25, 0.3) is 5.91 Å². The van der Waals surface area contributed by atoms with Gasteiger partial charge >= 0.3 is 12.1 Å². The molecule has 2 N–H and O–H groups in total. The lowest BCUT2D eigenvalue weighted by Gasteiger charge is -2.11. The lowest BCUT2D eigenvalue weighted by atomic mass is 10.1. The quantitative estimate of drug-likeness (QED) is 0.818. The van der Waals surface area contributed by atoms with Crippen LogP contribution in [0.1, 0.15) is 26.3 Å². The van der Waals surface area contributed by atoms with Crippen molar-refractivity contribution in [3.05, 3.63) is 63.6 Å². The van der Waals surface area contributed by atoms with E-state index in [0.717, 1.165) is 12.1 Å². The molecule has 4 nitrogen and oxygen atoms in total. The molecule has 0 aliphatic rings. The maximum absolute atomic E-state index is 12.7. The number of aromatic carboxylic acids is 1. The standard InChI is InChI=1S/C15H9BrF3NO3/c16-10-4-5-12(11(7-10)14(22)23)20-13(21)8-2-1-3-9(6-8)15(17,18)19/h1-7H,(H,20,21)(H,22,23). The molecule has 0 spiro atoms. The molecule has 0 aromatic heterocycles. The van der Waals surface area contributed by atoms with Crippen molar-refractivity contribution in [1.82, 2.24) is 0 Å². The van der Waals surface area contributed by atoms with E-state index >= 15 is 0 Å². The third-order valence-electron chi connectivity index (χ3n) is 2.91. The van der Waals surface area contributed by atoms with Crippen LogP contribution in [0.4, 0.5) is 18.9 Å². The van der Waals surface area contributed by atoms with Crippen molar-refractivity contribution in [3.8, 4) is 0 Å². The van der Waals surface area contributed by atoms with E-state index < -0.39 is 23.6 Å². The Balaban J connectivity index is 2.32. The van der Waals surface area contributed by atoms with Gasteiger partial charge in [0.05, 0.1) is 16.8 Å². The van der Waals surface area contributed by atoms with E-state index in [1.807, 2.05) is 0 Å². The summed E-state index contributed by atoms with van der Waals surface area (Å²) >= 11 is 3.11. The number of alkyl halides is 3. The second kappa shape index (κ2) is 6.41. The van der Waals surface area contributed by atoms with Crippen molar-refractivity contribution in [3.63, 3.8) is 0 Å². The summed E-state index contributed by atoms with van der Waals surface area (Å²) in [6, 6.07) is 8.01. The Bertz CT molecular complexity index is 775. The molecule has 0 bridgehead atoms. The van der Waals surface area contributed by atoms with Crippen LogP contribution in [-0.2, 0) is 6.18 Å². The van der Waals surface area contributed by atoms with Gasteiger partial charge in [0, 0.05) is 10.0 Å². The van der Waals surface area contributed by atoms with Gasteiger partial charge in [-0.2, -0.15) is 13.2 Å². The molecule has 0 aliphatic heterocycles. The highest BCUT2D eigenvalue weighted by atomic mass is 79.9. The third kappa shape index (κ3) is 4.10. The van der Waals surface area contributed by atoms with Crippen molar-refractivity contribution in [2.45, 2.75) is 6.18 Å². The van der Waals surface area contributed by atoms with Crippen LogP contribution >= 0.6 is 15.9 Å². The smallest absolute Gasteiger partial charge is 0.416 e. The average molecular weight is 388 g/mol. The molecular weight excluding hydrogens is 379 g/mol. The number of amides is 1. The van der Waals surface area contributed by atoms with Gasteiger partial charge in [0.1, 0.15) is 0 Å². The van der Waals surface area contributed by atoms with Gasteiger partial charge in [-0.15, -0.1) is 0 Å². The number of carbonyl (C=O) groups is 2. The molecule has 2 aromatic carbocycles. The summed E-state index contributed by atoms with van der Waals surface area (Å²) in [7, 11) is 0. The summed E-state index contributed by atoms with van der Waals surface area (Å²) < 4.78 is 38.5. The van der Waals surface area contributed by atoms with E-state index in [9.17, 15) is 22.8 Å². The fourth-order valence-corrected chi connectivity index (χ4v) is 2.19. The maximum Gasteiger partial charge on any atom is 0.416 e. The second-order valence-corrected chi connectivity index (χ2v) is 5.44. The zero-order valence-corrected chi connectivity index (χ0v) is 12.9. The highest BCUT2D eigenvalue weighted by molar-refractivity contribution is 9.10. The average Bonchev–Trinajstić information content (AvgIpc) is 2.48. The maximum atomic E-state index is 12.7. The van der Waals surface area contributed by atoms with Crippen molar-refractivity contribution in [2.75, 3.05) is 5.32 Å². The van der Waals surface area contributed by atoms with Gasteiger partial charge < -0.3 is 10.4 Å². The Hall–Kier alpha value is -2.35. The van der Waals surface area contributed by atoms with E-state index in [1.165, 1.54) is 24.3 Å². The number of carboxylic acids is 1. The molecule has 0 aliphatic carbocycles. The zero-order valence-electron chi connectivity index (χ0n) is 11.3. The first-order chi connectivity index (χ1) is 10.7. The predicted octanol–water partition coefficient (Wildman–Crippen LogP) is 4.42. The van der Waals surface area contributed by atoms with Crippen molar-refractivity contribution in [2.24, 2.45) is 0 Å². The van der Waals surface area contributed by atoms with E-state index in [-0.39, 0.29) is 16.8 Å². The Morgan fingerprint density at radius 3 is 2.39 bits per heavy atom. The molecule has 0 radical (unpaired) electrons. The summed E-state index contributed by atoms with van der Waals surface area (Å²) in [6.45, 7) is 0. The monoisotopic (exact) mass is 387 g/mol. The number of halogens is 4. The molecule has 23 heavy (non-hydrogen) atoms. The molecule has 0 fully saturated rings. The topological polar surface area (TPSA) is 66.4 Å². The Labute approximate surface area is 137 Å². The minimum absolute atomic E-state index is 0.0110. The van der Waals surface area contributed by atoms with Crippen LogP contribution in [-0.4, -0.2) is 17.0 Å². The van der Waals surface area contributed by atoms with E-state index in [4.69, 9.17) is 5.11 Å². The van der Waals surface area contributed by atoms with E-state index in [0.29, 0.717) is 10.5 Å². The van der Waals surface area contributed by atoms with Gasteiger partial charge in [-0.25, -0.2) is 4.79 Å². The molecule has 0 heterocycles. The SMILES string of the molecule is O=C(Nc1ccc(Br)cc1C(=O)O)c1cccc(C(F)(F)F)c1. The molecule has 0 atom stereocenters. The highest BCUT2D eigenvalue weighted by Crippen LogP contribution is 2.30. The van der Waals surface area contributed by atoms with Crippen LogP contribution in [0.25, 0.3) is 0 Å². The zero-order chi connectivity index (χ0) is 17.2. The fourth-order valence-electron chi connectivity index (χ4n) is 1.83. The van der Waals surface area contributed by atoms with Crippen LogP contribution in [0, 0.1) is 0 Å². The highest BCUT2D eigenvalue weighted by Gasteiger charge is 2.31. The summed E-state index contributed by atoms with van der Waals surface area (Å²) in [5.41, 5.74) is -1.37. The molecule has 0 unspecified atom stereocenters. The number of nitrogens with one attached hydrogen (secondary N) is 1. The van der Waals surface area contributed by atoms with Crippen molar-refractivity contribution < 1.29 is 27.9 Å². The summed E-state index contributed by atoms with van der Waals surface area (Å²) in [6.07, 6.45) is -4.57. The predicted molar refractivity (Wildman–Crippen MR) is 80.5 cm³/mol. The summed E-state index contributed by atoms with van der Waals surface area (Å²) in [4.78, 5) is 23.2. The minimum Gasteiger partial charge on any atom is -0.478 e. The summed E-state index contributed by atoms with van der Waals surface area (Å²) in [5.74, 6) is -2.11. The van der Waals surface area contributed by atoms with Crippen LogP contribution in [0.3, 0.4) is 0 Å². The first kappa shape index (κ1) is 17.0. The van der Waals surface area contributed by atoms with Crippen molar-refractivity contribution >= 4 is 33.5 Å². The molecule has 0 saturated heterocycles. The van der Waals surface area contributed by atoms with Gasteiger partial charge in [-0.3, -0.25) is 4.79 Å². The fraction of sp³-hybridized carbons (Fsp3) is 0.0667.